The van der Waals surface area contributed by atoms with Crippen molar-refractivity contribution in [2.24, 2.45) is 4.99 Å². The highest BCUT2D eigenvalue weighted by Crippen LogP contribution is 2.31. The van der Waals surface area contributed by atoms with E-state index in [-0.39, 0.29) is 18.2 Å². The van der Waals surface area contributed by atoms with Crippen LogP contribution in [0.1, 0.15) is 18.9 Å². The zero-order chi connectivity index (χ0) is 19.2. The first-order valence-corrected chi connectivity index (χ1v) is 9.41. The van der Waals surface area contributed by atoms with Crippen molar-refractivity contribution < 1.29 is 9.59 Å². The van der Waals surface area contributed by atoms with Gasteiger partial charge in [-0.2, -0.15) is 5.26 Å². The molecule has 1 N–H and O–H groups in total. The summed E-state index contributed by atoms with van der Waals surface area (Å²) in [4.78, 5) is 31.2. The SMILES string of the molecule is CCN1C(=O)C(CC(=O)Nc2ccccc2C#N)SC1=Nc1ccccc1. The fourth-order valence-corrected chi connectivity index (χ4v) is 3.91. The number of amides is 2. The van der Waals surface area contributed by atoms with E-state index in [2.05, 4.69) is 10.3 Å². The maximum absolute atomic E-state index is 12.6. The first kappa shape index (κ1) is 18.7. The summed E-state index contributed by atoms with van der Waals surface area (Å²) < 4.78 is 0. The molecule has 27 heavy (non-hydrogen) atoms. The van der Waals surface area contributed by atoms with Crippen molar-refractivity contribution in [2.45, 2.75) is 18.6 Å². The van der Waals surface area contributed by atoms with E-state index in [0.29, 0.717) is 23.0 Å². The number of carbonyl (C=O) groups is 2. The standard InChI is InChI=1S/C20H18N4O2S/c1-2-24-19(26)17(27-20(24)22-15-9-4-3-5-10-15)12-18(25)23-16-11-7-6-8-14(16)13-21/h3-11,17H,2,12H2,1H3,(H,23,25). The van der Waals surface area contributed by atoms with E-state index < -0.39 is 5.25 Å². The molecule has 1 unspecified atom stereocenters. The first-order chi connectivity index (χ1) is 13.1. The molecule has 0 spiro atoms. The zero-order valence-electron chi connectivity index (χ0n) is 14.8. The number of para-hydroxylation sites is 2. The van der Waals surface area contributed by atoms with Crippen LogP contribution in [0.4, 0.5) is 11.4 Å². The number of nitrogens with one attached hydrogen (secondary N) is 1. The molecule has 136 valence electrons. The van der Waals surface area contributed by atoms with Gasteiger partial charge in [0.15, 0.2) is 5.17 Å². The molecule has 1 saturated heterocycles. The van der Waals surface area contributed by atoms with E-state index in [4.69, 9.17) is 5.26 Å². The van der Waals surface area contributed by atoms with Crippen molar-refractivity contribution in [3.63, 3.8) is 0 Å². The maximum Gasteiger partial charge on any atom is 0.242 e. The Labute approximate surface area is 161 Å². The van der Waals surface area contributed by atoms with Gasteiger partial charge in [0.05, 0.1) is 16.9 Å². The molecule has 7 heteroatoms. The molecule has 1 heterocycles. The molecule has 0 aromatic heterocycles. The Morgan fingerprint density at radius 1 is 1.22 bits per heavy atom. The average molecular weight is 378 g/mol. The van der Waals surface area contributed by atoms with Crippen LogP contribution in [0.15, 0.2) is 59.6 Å². The van der Waals surface area contributed by atoms with Crippen molar-refractivity contribution >= 4 is 40.1 Å². The number of nitriles is 1. The van der Waals surface area contributed by atoms with Gasteiger partial charge in [0.2, 0.25) is 11.8 Å². The van der Waals surface area contributed by atoms with Gasteiger partial charge in [-0.15, -0.1) is 0 Å². The second-order valence-electron chi connectivity index (χ2n) is 5.83. The Kier molecular flexibility index (Phi) is 5.89. The molecule has 1 aliphatic heterocycles. The predicted octanol–water partition coefficient (Wildman–Crippen LogP) is 3.54. The minimum absolute atomic E-state index is 0.0214. The molecule has 2 amide bonds. The number of thioether (sulfide) groups is 1. The molecule has 6 nitrogen and oxygen atoms in total. The van der Waals surface area contributed by atoms with Gasteiger partial charge in [-0.05, 0) is 31.2 Å². The minimum Gasteiger partial charge on any atom is -0.325 e. The lowest BCUT2D eigenvalue weighted by atomic mass is 10.2. The number of carbonyl (C=O) groups excluding carboxylic acids is 2. The van der Waals surface area contributed by atoms with Gasteiger partial charge < -0.3 is 5.32 Å². The van der Waals surface area contributed by atoms with Crippen molar-refractivity contribution in [3.05, 3.63) is 60.2 Å². The van der Waals surface area contributed by atoms with Gasteiger partial charge in [-0.1, -0.05) is 42.1 Å². The number of benzene rings is 2. The smallest absolute Gasteiger partial charge is 0.242 e. The third-order valence-electron chi connectivity index (χ3n) is 4.01. The van der Waals surface area contributed by atoms with Crippen LogP contribution in [0.3, 0.4) is 0 Å². The van der Waals surface area contributed by atoms with E-state index in [1.165, 1.54) is 11.8 Å². The summed E-state index contributed by atoms with van der Waals surface area (Å²) in [7, 11) is 0. The lowest BCUT2D eigenvalue weighted by Gasteiger charge is -2.13. The fourth-order valence-electron chi connectivity index (χ4n) is 2.69. The number of hydrogen-bond acceptors (Lipinski definition) is 5. The van der Waals surface area contributed by atoms with E-state index >= 15 is 0 Å². The summed E-state index contributed by atoms with van der Waals surface area (Å²) in [5.74, 6) is -0.429. The third kappa shape index (κ3) is 4.36. The number of amidine groups is 1. The molecular formula is C20H18N4O2S. The van der Waals surface area contributed by atoms with Crippen LogP contribution in [-0.4, -0.2) is 33.7 Å². The molecule has 2 aromatic rings. The van der Waals surface area contributed by atoms with E-state index in [1.54, 1.807) is 29.2 Å². The second kappa shape index (κ2) is 8.52. The molecule has 0 aliphatic carbocycles. The van der Waals surface area contributed by atoms with Gasteiger partial charge in [0, 0.05) is 13.0 Å². The summed E-state index contributed by atoms with van der Waals surface area (Å²) in [6.45, 7) is 2.37. The highest BCUT2D eigenvalue weighted by atomic mass is 32.2. The summed E-state index contributed by atoms with van der Waals surface area (Å²) in [5.41, 5.74) is 1.60. The van der Waals surface area contributed by atoms with Crippen molar-refractivity contribution in [3.8, 4) is 6.07 Å². The summed E-state index contributed by atoms with van der Waals surface area (Å²) >= 11 is 1.30. The molecule has 2 aromatic carbocycles. The van der Waals surface area contributed by atoms with Crippen molar-refractivity contribution in [2.75, 3.05) is 11.9 Å². The zero-order valence-corrected chi connectivity index (χ0v) is 15.6. The van der Waals surface area contributed by atoms with Gasteiger partial charge in [0.25, 0.3) is 0 Å². The van der Waals surface area contributed by atoms with Crippen LogP contribution in [0, 0.1) is 11.3 Å². The molecule has 3 rings (SSSR count). The molecule has 0 radical (unpaired) electrons. The molecule has 1 aliphatic rings. The Hall–Kier alpha value is -3.11. The Morgan fingerprint density at radius 2 is 1.93 bits per heavy atom. The van der Waals surface area contributed by atoms with Crippen molar-refractivity contribution in [1.29, 1.82) is 5.26 Å². The van der Waals surface area contributed by atoms with Crippen LogP contribution in [0.25, 0.3) is 0 Å². The minimum atomic E-state index is -0.526. The van der Waals surface area contributed by atoms with Crippen LogP contribution in [0.2, 0.25) is 0 Å². The Bertz CT molecular complexity index is 921. The predicted molar refractivity (Wildman–Crippen MR) is 107 cm³/mol. The lowest BCUT2D eigenvalue weighted by molar-refractivity contribution is -0.128. The van der Waals surface area contributed by atoms with Gasteiger partial charge in [-0.25, -0.2) is 4.99 Å². The quantitative estimate of drug-likeness (QED) is 0.862. The molecule has 0 saturated carbocycles. The van der Waals surface area contributed by atoms with E-state index in [9.17, 15) is 9.59 Å². The number of hydrogen-bond donors (Lipinski definition) is 1. The normalized spacial score (nSPS) is 17.8. The number of nitrogens with zero attached hydrogens (tertiary/aromatic N) is 3. The van der Waals surface area contributed by atoms with Gasteiger partial charge in [0.1, 0.15) is 11.3 Å². The van der Waals surface area contributed by atoms with Gasteiger partial charge >= 0.3 is 0 Å². The first-order valence-electron chi connectivity index (χ1n) is 8.53. The van der Waals surface area contributed by atoms with Crippen LogP contribution >= 0.6 is 11.8 Å². The van der Waals surface area contributed by atoms with Crippen LogP contribution in [0.5, 0.6) is 0 Å². The maximum atomic E-state index is 12.6. The summed E-state index contributed by atoms with van der Waals surface area (Å²) in [6, 6.07) is 18.2. The van der Waals surface area contributed by atoms with Gasteiger partial charge in [-0.3, -0.25) is 14.5 Å². The Morgan fingerprint density at radius 3 is 2.63 bits per heavy atom. The molecule has 1 fully saturated rings. The highest BCUT2D eigenvalue weighted by molar-refractivity contribution is 8.15. The van der Waals surface area contributed by atoms with Crippen LogP contribution in [-0.2, 0) is 9.59 Å². The van der Waals surface area contributed by atoms with Crippen LogP contribution < -0.4 is 5.32 Å². The van der Waals surface area contributed by atoms with Crippen molar-refractivity contribution in [1.82, 2.24) is 4.90 Å². The average Bonchev–Trinajstić information content (AvgIpc) is 2.97. The summed E-state index contributed by atoms with van der Waals surface area (Å²) in [5, 5.41) is 11.9. The highest BCUT2D eigenvalue weighted by Gasteiger charge is 2.38. The third-order valence-corrected chi connectivity index (χ3v) is 5.18. The molecular weight excluding hydrogens is 360 g/mol. The topological polar surface area (TPSA) is 85.6 Å². The number of rotatable bonds is 5. The van der Waals surface area contributed by atoms with E-state index in [1.807, 2.05) is 43.3 Å². The monoisotopic (exact) mass is 378 g/mol. The fraction of sp³-hybridized carbons (Fsp3) is 0.200. The summed E-state index contributed by atoms with van der Waals surface area (Å²) in [6.07, 6.45) is 0.0214. The number of anilines is 1. The Balaban J connectivity index is 1.72. The second-order valence-corrected chi connectivity index (χ2v) is 7.00. The van der Waals surface area contributed by atoms with E-state index in [0.717, 1.165) is 5.69 Å². The largest absolute Gasteiger partial charge is 0.325 e. The molecule has 0 bridgehead atoms. The number of aliphatic imine (C=N–C) groups is 1. The lowest BCUT2D eigenvalue weighted by Crippen LogP contribution is -2.33. The molecule has 1 atom stereocenters.